The van der Waals surface area contributed by atoms with Gasteiger partial charge in [0.2, 0.25) is 7.37 Å². The lowest BCUT2D eigenvalue weighted by Gasteiger charge is -2.08. The molecule has 0 aromatic carbocycles. The van der Waals surface area contributed by atoms with Gasteiger partial charge in [-0.25, -0.2) is 0 Å². The smallest absolute Gasteiger partial charge is 0.230 e. The molecule has 0 aliphatic carbocycles. The first-order chi connectivity index (χ1) is 4.27. The van der Waals surface area contributed by atoms with Crippen molar-refractivity contribution in [3.8, 4) is 0 Å². The molecule has 0 radical (unpaired) electrons. The summed E-state index contributed by atoms with van der Waals surface area (Å²) in [6.45, 7) is 2.02. The van der Waals surface area contributed by atoms with E-state index in [1.165, 1.54) is 0 Å². The van der Waals surface area contributed by atoms with E-state index in [4.69, 9.17) is 4.65 Å². The third-order valence-corrected chi connectivity index (χ3v) is 1.10. The van der Waals surface area contributed by atoms with E-state index in [2.05, 4.69) is 19.0 Å². The van der Waals surface area contributed by atoms with Crippen LogP contribution in [0, 0.1) is 0 Å². The van der Waals surface area contributed by atoms with Crippen LogP contribution in [0.5, 0.6) is 0 Å². The van der Waals surface area contributed by atoms with Gasteiger partial charge in [-0.2, -0.15) is 0 Å². The second-order valence-electron chi connectivity index (χ2n) is 2.35. The Hall–Kier alpha value is 0.0499. The van der Waals surface area contributed by atoms with E-state index in [-0.39, 0.29) is 0 Å². The summed E-state index contributed by atoms with van der Waals surface area (Å²) in [6, 6.07) is 0. The molecule has 0 rings (SSSR count). The lowest BCUT2D eigenvalue weighted by Crippen LogP contribution is -2.15. The van der Waals surface area contributed by atoms with E-state index in [1.54, 1.807) is 0 Å². The molecule has 0 saturated carbocycles. The highest BCUT2D eigenvalue weighted by molar-refractivity contribution is 6.85. The van der Waals surface area contributed by atoms with Crippen molar-refractivity contribution < 1.29 is 4.65 Å². The Kier molecular flexibility index (Phi) is 6.21. The molecule has 52 valence electrons. The first-order valence-corrected chi connectivity index (χ1v) is 3.50. The highest BCUT2D eigenvalue weighted by atomic mass is 16.4. The van der Waals surface area contributed by atoms with E-state index in [9.17, 15) is 0 Å². The van der Waals surface area contributed by atoms with Crippen LogP contribution in [0.1, 0.15) is 6.42 Å². The fourth-order valence-electron chi connectivity index (χ4n) is 0.627. The molecule has 4 heteroatoms. The van der Waals surface area contributed by atoms with Gasteiger partial charge in [-0.1, -0.05) is 0 Å². The molecule has 9 heavy (non-hydrogen) atoms. The fraction of sp³-hybridized carbons (Fsp3) is 1.00. The van der Waals surface area contributed by atoms with Crippen molar-refractivity contribution >= 4 is 15.1 Å². The normalized spacial score (nSPS) is 10.1. The second-order valence-corrected chi connectivity index (χ2v) is 2.35. The minimum Gasteiger partial charge on any atom is -0.449 e. The molecule has 0 amide bonds. The van der Waals surface area contributed by atoms with Crippen molar-refractivity contribution in [2.75, 3.05) is 27.2 Å². The fourth-order valence-corrected chi connectivity index (χ4v) is 0.627. The van der Waals surface area contributed by atoms with Crippen LogP contribution in [-0.4, -0.2) is 47.3 Å². The predicted octanol–water partition coefficient (Wildman–Crippen LogP) is -1.15. The third kappa shape index (κ3) is 8.05. The van der Waals surface area contributed by atoms with Crippen LogP contribution in [0.25, 0.3) is 0 Å². The number of rotatable bonds is 5. The van der Waals surface area contributed by atoms with Gasteiger partial charge < -0.3 is 9.55 Å². The predicted molar refractivity (Wildman–Crippen MR) is 44.8 cm³/mol. The highest BCUT2D eigenvalue weighted by Gasteiger charge is 1.88. The van der Waals surface area contributed by atoms with Gasteiger partial charge >= 0.3 is 0 Å². The number of hydrogen-bond acceptors (Lipinski definition) is 2. The molecule has 0 aromatic heterocycles. The summed E-state index contributed by atoms with van der Waals surface area (Å²) < 4.78 is 5.16. The average Bonchev–Trinajstić information content (AvgIpc) is 1.80. The SMILES string of the molecule is BBOCCCN(C)C. The molecular formula is C5H15B2NO. The molecule has 0 aliphatic rings. The van der Waals surface area contributed by atoms with Gasteiger partial charge in [0.25, 0.3) is 0 Å². The van der Waals surface area contributed by atoms with Gasteiger partial charge in [0.15, 0.2) is 0 Å². The molecule has 0 atom stereocenters. The van der Waals surface area contributed by atoms with Crippen molar-refractivity contribution in [1.82, 2.24) is 4.90 Å². The van der Waals surface area contributed by atoms with Gasteiger partial charge in [-0.15, -0.1) is 0 Å². The minimum absolute atomic E-state index is 0.841. The van der Waals surface area contributed by atoms with E-state index in [1.807, 2.05) is 7.74 Å². The van der Waals surface area contributed by atoms with E-state index in [0.29, 0.717) is 0 Å². The Bertz CT molecular complexity index is 60.9. The summed E-state index contributed by atoms with van der Waals surface area (Å²) in [7, 11) is 7.01. The van der Waals surface area contributed by atoms with Crippen molar-refractivity contribution in [2.45, 2.75) is 6.42 Å². The van der Waals surface area contributed by atoms with Gasteiger partial charge in [0, 0.05) is 6.61 Å². The lowest BCUT2D eigenvalue weighted by molar-refractivity contribution is 0.298. The summed E-state index contributed by atoms with van der Waals surface area (Å²) >= 11 is 0. The van der Waals surface area contributed by atoms with Crippen LogP contribution in [0.3, 0.4) is 0 Å². The lowest BCUT2D eigenvalue weighted by atomic mass is 9.72. The zero-order chi connectivity index (χ0) is 7.11. The summed E-state index contributed by atoms with van der Waals surface area (Å²) in [5.74, 6) is 0. The van der Waals surface area contributed by atoms with Crippen LogP contribution < -0.4 is 0 Å². The quantitative estimate of drug-likeness (QED) is 0.341. The zero-order valence-electron chi connectivity index (χ0n) is 6.68. The van der Waals surface area contributed by atoms with E-state index < -0.39 is 0 Å². The van der Waals surface area contributed by atoms with E-state index >= 15 is 0 Å². The van der Waals surface area contributed by atoms with Crippen LogP contribution in [0.4, 0.5) is 0 Å². The maximum atomic E-state index is 5.16. The molecule has 0 fully saturated rings. The van der Waals surface area contributed by atoms with Crippen molar-refractivity contribution in [3.63, 3.8) is 0 Å². The summed E-state index contributed by atoms with van der Waals surface area (Å²) in [5.41, 5.74) is 0. The van der Waals surface area contributed by atoms with Crippen LogP contribution in [0.2, 0.25) is 0 Å². The third-order valence-electron chi connectivity index (χ3n) is 1.10. The van der Waals surface area contributed by atoms with Crippen LogP contribution >= 0.6 is 0 Å². The second kappa shape index (κ2) is 6.17. The molecular weight excluding hydrogens is 112 g/mol. The Morgan fingerprint density at radius 3 is 2.67 bits per heavy atom. The first kappa shape index (κ1) is 9.05. The molecule has 0 saturated heterocycles. The Balaban J connectivity index is 2.75. The Morgan fingerprint density at radius 2 is 2.22 bits per heavy atom. The molecule has 2 nitrogen and oxygen atoms in total. The molecule has 0 unspecified atom stereocenters. The first-order valence-electron chi connectivity index (χ1n) is 3.50. The summed E-state index contributed by atoms with van der Waals surface area (Å²) in [5, 5.41) is 0. The van der Waals surface area contributed by atoms with Crippen molar-refractivity contribution in [3.05, 3.63) is 0 Å². The van der Waals surface area contributed by atoms with Gasteiger partial charge in [0.1, 0.15) is 7.74 Å². The number of nitrogens with zero attached hydrogens (tertiary/aromatic N) is 1. The summed E-state index contributed by atoms with van der Waals surface area (Å²) in [6.07, 6.45) is 1.14. The van der Waals surface area contributed by atoms with Gasteiger partial charge in [-0.05, 0) is 27.1 Å². The van der Waals surface area contributed by atoms with Crippen LogP contribution in [-0.2, 0) is 4.65 Å². The molecule has 0 aromatic rings. The molecule has 0 N–H and O–H groups in total. The zero-order valence-corrected chi connectivity index (χ0v) is 6.68. The molecule has 0 heterocycles. The topological polar surface area (TPSA) is 12.5 Å². The molecule has 0 spiro atoms. The Labute approximate surface area is 59.2 Å². The maximum Gasteiger partial charge on any atom is 0.230 e. The monoisotopic (exact) mass is 127 g/mol. The highest BCUT2D eigenvalue weighted by Crippen LogP contribution is 1.82. The molecule has 0 aliphatic heterocycles. The van der Waals surface area contributed by atoms with Crippen molar-refractivity contribution in [2.24, 2.45) is 0 Å². The maximum absolute atomic E-state index is 5.16. The minimum atomic E-state index is 0.841. The van der Waals surface area contributed by atoms with E-state index in [0.717, 1.165) is 26.9 Å². The van der Waals surface area contributed by atoms with Crippen LogP contribution in [0.15, 0.2) is 0 Å². The van der Waals surface area contributed by atoms with Gasteiger partial charge in [0.05, 0.1) is 0 Å². The Morgan fingerprint density at radius 1 is 1.56 bits per heavy atom. The van der Waals surface area contributed by atoms with Gasteiger partial charge in [-0.3, -0.25) is 0 Å². The largest absolute Gasteiger partial charge is 0.449 e. The molecule has 0 bridgehead atoms. The number of hydrogen-bond donors (Lipinski definition) is 0. The summed E-state index contributed by atoms with van der Waals surface area (Å²) in [4.78, 5) is 2.17. The standard InChI is InChI=1S/C5H15B2NO/c1-8(2)4-3-5-9-7-6/h7H,3-6H2,1-2H3. The average molecular weight is 127 g/mol. The van der Waals surface area contributed by atoms with Crippen molar-refractivity contribution in [1.29, 1.82) is 0 Å².